The fourth-order valence-corrected chi connectivity index (χ4v) is 1.27. The normalized spacial score (nSPS) is 29.4. The Balaban J connectivity index is 2.00. The number of hydrogen-bond donors (Lipinski definition) is 0. The van der Waals surface area contributed by atoms with Crippen molar-refractivity contribution in [2.45, 2.75) is 12.4 Å². The van der Waals surface area contributed by atoms with Crippen LogP contribution in [0.5, 0.6) is 0 Å². The number of ether oxygens (including phenoxy) is 2. The van der Waals surface area contributed by atoms with E-state index in [1.165, 1.54) is 0 Å². The van der Waals surface area contributed by atoms with Crippen LogP contribution in [0, 0.1) is 0 Å². The molecule has 1 aromatic heterocycles. The molecule has 1 aliphatic rings. The second kappa shape index (κ2) is 3.47. The van der Waals surface area contributed by atoms with Crippen LogP contribution in [-0.2, 0) is 9.47 Å². The molecule has 4 heteroatoms. The van der Waals surface area contributed by atoms with Gasteiger partial charge in [-0.1, -0.05) is 0 Å². The Bertz CT molecular complexity index is 234. The third-order valence-corrected chi connectivity index (χ3v) is 2.04. The Kier molecular flexibility index (Phi) is 2.35. The van der Waals surface area contributed by atoms with E-state index in [0.29, 0.717) is 18.2 Å². The van der Waals surface area contributed by atoms with Crippen molar-refractivity contribution in [1.29, 1.82) is 0 Å². The molecule has 0 aliphatic carbocycles. The zero-order valence-electron chi connectivity index (χ0n) is 6.40. The second-order valence-corrected chi connectivity index (χ2v) is 2.90. The molecule has 0 unspecified atom stereocenters. The Labute approximate surface area is 75.2 Å². The maximum absolute atomic E-state index is 5.60. The standard InChI is InChI=1S/C8H9ClO3/c9-4-6-5-11-8(12-6)7-2-1-3-10-7/h1-3,6,8H,4-5H2/t6-,8+/m1/s1. The summed E-state index contributed by atoms with van der Waals surface area (Å²) in [4.78, 5) is 0. The van der Waals surface area contributed by atoms with Gasteiger partial charge in [0.25, 0.3) is 0 Å². The first-order valence-corrected chi connectivity index (χ1v) is 4.30. The average Bonchev–Trinajstić information content (AvgIpc) is 2.75. The van der Waals surface area contributed by atoms with Gasteiger partial charge in [-0.15, -0.1) is 11.6 Å². The van der Waals surface area contributed by atoms with Crippen LogP contribution < -0.4 is 0 Å². The molecule has 0 aromatic carbocycles. The van der Waals surface area contributed by atoms with Crippen molar-refractivity contribution in [2.24, 2.45) is 0 Å². The van der Waals surface area contributed by atoms with E-state index in [0.717, 1.165) is 0 Å². The summed E-state index contributed by atoms with van der Waals surface area (Å²) < 4.78 is 15.8. The quantitative estimate of drug-likeness (QED) is 0.665. The Hall–Kier alpha value is -0.510. The predicted molar refractivity (Wildman–Crippen MR) is 43.0 cm³/mol. The zero-order valence-corrected chi connectivity index (χ0v) is 7.16. The summed E-state index contributed by atoms with van der Waals surface area (Å²) in [7, 11) is 0. The van der Waals surface area contributed by atoms with Gasteiger partial charge in [-0.25, -0.2) is 0 Å². The first kappa shape index (κ1) is 8.10. The molecule has 0 radical (unpaired) electrons. The van der Waals surface area contributed by atoms with E-state index in [1.807, 2.05) is 6.07 Å². The van der Waals surface area contributed by atoms with Crippen LogP contribution >= 0.6 is 11.6 Å². The van der Waals surface area contributed by atoms with Crippen LogP contribution in [0.15, 0.2) is 22.8 Å². The minimum Gasteiger partial charge on any atom is -0.464 e. The molecule has 0 amide bonds. The fraction of sp³-hybridized carbons (Fsp3) is 0.500. The summed E-state index contributed by atoms with van der Waals surface area (Å²) in [5.41, 5.74) is 0. The fourth-order valence-electron chi connectivity index (χ4n) is 1.10. The Morgan fingerprint density at radius 2 is 2.50 bits per heavy atom. The van der Waals surface area contributed by atoms with Gasteiger partial charge in [0.15, 0.2) is 5.76 Å². The minimum absolute atomic E-state index is 0.0123. The average molecular weight is 189 g/mol. The summed E-state index contributed by atoms with van der Waals surface area (Å²) in [6, 6.07) is 3.62. The highest BCUT2D eigenvalue weighted by atomic mass is 35.5. The van der Waals surface area contributed by atoms with E-state index in [9.17, 15) is 0 Å². The topological polar surface area (TPSA) is 31.6 Å². The molecule has 0 N–H and O–H groups in total. The van der Waals surface area contributed by atoms with Gasteiger partial charge in [-0.3, -0.25) is 0 Å². The summed E-state index contributed by atoms with van der Waals surface area (Å²) >= 11 is 5.60. The number of halogens is 1. The van der Waals surface area contributed by atoms with Crippen molar-refractivity contribution < 1.29 is 13.9 Å². The van der Waals surface area contributed by atoms with Gasteiger partial charge in [0.2, 0.25) is 6.29 Å². The van der Waals surface area contributed by atoms with E-state index in [2.05, 4.69) is 0 Å². The summed E-state index contributed by atoms with van der Waals surface area (Å²) in [5, 5.41) is 0. The molecule has 2 rings (SSSR count). The van der Waals surface area contributed by atoms with Crippen LogP contribution in [0.3, 0.4) is 0 Å². The smallest absolute Gasteiger partial charge is 0.217 e. The summed E-state index contributed by atoms with van der Waals surface area (Å²) in [6.45, 7) is 0.537. The van der Waals surface area contributed by atoms with Crippen molar-refractivity contribution in [3.63, 3.8) is 0 Å². The van der Waals surface area contributed by atoms with E-state index < -0.39 is 0 Å². The Morgan fingerprint density at radius 1 is 1.58 bits per heavy atom. The first-order valence-electron chi connectivity index (χ1n) is 3.76. The molecule has 0 bridgehead atoms. The minimum atomic E-state index is -0.372. The van der Waals surface area contributed by atoms with E-state index in [1.54, 1.807) is 12.3 Å². The molecule has 0 spiro atoms. The lowest BCUT2D eigenvalue weighted by Crippen LogP contribution is -2.10. The van der Waals surface area contributed by atoms with Crippen LogP contribution in [0.25, 0.3) is 0 Å². The van der Waals surface area contributed by atoms with Gasteiger partial charge in [0.1, 0.15) is 0 Å². The lowest BCUT2D eigenvalue weighted by atomic mass is 10.4. The zero-order chi connectivity index (χ0) is 8.39. The molecule has 2 heterocycles. The molecule has 12 heavy (non-hydrogen) atoms. The summed E-state index contributed by atoms with van der Waals surface area (Å²) in [5.74, 6) is 1.15. The summed E-state index contributed by atoms with van der Waals surface area (Å²) in [6.07, 6.45) is 1.21. The molecule has 2 atom stereocenters. The third kappa shape index (κ3) is 1.48. The molecule has 1 aromatic rings. The maximum Gasteiger partial charge on any atom is 0.217 e. The molecule has 1 aliphatic heterocycles. The number of hydrogen-bond acceptors (Lipinski definition) is 3. The van der Waals surface area contributed by atoms with Crippen molar-refractivity contribution in [2.75, 3.05) is 12.5 Å². The van der Waals surface area contributed by atoms with Crippen molar-refractivity contribution in [3.8, 4) is 0 Å². The predicted octanol–water partition coefficient (Wildman–Crippen LogP) is 1.93. The maximum atomic E-state index is 5.60. The molecule has 0 saturated carbocycles. The lowest BCUT2D eigenvalue weighted by molar-refractivity contribution is -0.0706. The van der Waals surface area contributed by atoms with Crippen molar-refractivity contribution >= 4 is 11.6 Å². The molecular weight excluding hydrogens is 180 g/mol. The van der Waals surface area contributed by atoms with Gasteiger partial charge >= 0.3 is 0 Å². The second-order valence-electron chi connectivity index (χ2n) is 2.59. The van der Waals surface area contributed by atoms with Gasteiger partial charge in [0, 0.05) is 0 Å². The molecule has 66 valence electrons. The monoisotopic (exact) mass is 188 g/mol. The third-order valence-electron chi connectivity index (χ3n) is 1.70. The van der Waals surface area contributed by atoms with Gasteiger partial charge in [-0.05, 0) is 12.1 Å². The van der Waals surface area contributed by atoms with Crippen molar-refractivity contribution in [1.82, 2.24) is 0 Å². The van der Waals surface area contributed by atoms with Crippen LogP contribution in [0.4, 0.5) is 0 Å². The van der Waals surface area contributed by atoms with E-state index in [-0.39, 0.29) is 12.4 Å². The molecule has 1 saturated heterocycles. The van der Waals surface area contributed by atoms with Gasteiger partial charge in [-0.2, -0.15) is 0 Å². The van der Waals surface area contributed by atoms with Crippen LogP contribution in [0.2, 0.25) is 0 Å². The number of furan rings is 1. The number of alkyl halides is 1. The molecule has 3 nitrogen and oxygen atoms in total. The molecule has 1 fully saturated rings. The van der Waals surface area contributed by atoms with E-state index >= 15 is 0 Å². The molecular formula is C8H9ClO3. The largest absolute Gasteiger partial charge is 0.464 e. The highest BCUT2D eigenvalue weighted by molar-refractivity contribution is 6.18. The highest BCUT2D eigenvalue weighted by Gasteiger charge is 2.28. The lowest BCUT2D eigenvalue weighted by Gasteiger charge is -2.05. The van der Waals surface area contributed by atoms with Gasteiger partial charge in [0.05, 0.1) is 24.9 Å². The van der Waals surface area contributed by atoms with Crippen molar-refractivity contribution in [3.05, 3.63) is 24.2 Å². The van der Waals surface area contributed by atoms with E-state index in [4.69, 9.17) is 25.5 Å². The Morgan fingerprint density at radius 3 is 3.08 bits per heavy atom. The highest BCUT2D eigenvalue weighted by Crippen LogP contribution is 2.27. The number of rotatable bonds is 2. The van der Waals surface area contributed by atoms with Gasteiger partial charge < -0.3 is 13.9 Å². The van der Waals surface area contributed by atoms with Crippen LogP contribution in [-0.4, -0.2) is 18.6 Å². The van der Waals surface area contributed by atoms with Crippen LogP contribution in [0.1, 0.15) is 12.1 Å². The first-order chi connectivity index (χ1) is 5.90. The SMILES string of the molecule is ClC[C@@H]1CO[C@H](c2ccco2)O1.